The lowest BCUT2D eigenvalue weighted by Crippen LogP contribution is -2.35. The van der Waals surface area contributed by atoms with Gasteiger partial charge in [0.2, 0.25) is 11.7 Å². The molecule has 0 unspecified atom stereocenters. The number of hydrogen-bond acceptors (Lipinski definition) is 6. The maximum atomic E-state index is 12.1. The number of aromatic nitrogens is 4. The molecular formula is C18H27N5O3. The van der Waals surface area contributed by atoms with Crippen molar-refractivity contribution in [3.63, 3.8) is 0 Å². The van der Waals surface area contributed by atoms with Crippen LogP contribution in [0.3, 0.4) is 0 Å². The number of amides is 1. The van der Waals surface area contributed by atoms with Crippen molar-refractivity contribution in [3.8, 4) is 22.9 Å². The molecule has 1 N–H and O–H groups in total. The largest absolute Gasteiger partial charge is 0.493 e. The molecule has 2 aromatic rings. The minimum Gasteiger partial charge on any atom is -0.493 e. The Balaban J connectivity index is 1.96. The molecular weight excluding hydrogens is 334 g/mol. The fourth-order valence-electron chi connectivity index (χ4n) is 2.62. The average Bonchev–Trinajstić information content (AvgIpc) is 3.09. The molecule has 0 aliphatic rings. The number of methoxy groups -OCH3 is 2. The smallest absolute Gasteiger partial charge is 0.243 e. The highest BCUT2D eigenvalue weighted by Crippen LogP contribution is 2.30. The number of carbonyl (C=O) groups is 1. The predicted molar refractivity (Wildman–Crippen MR) is 98.1 cm³/mol. The Morgan fingerprint density at radius 2 is 2.00 bits per heavy atom. The molecule has 0 aliphatic heterocycles. The number of tetrazole rings is 1. The predicted octanol–water partition coefficient (Wildman–Crippen LogP) is 2.44. The molecule has 1 heterocycles. The lowest BCUT2D eigenvalue weighted by molar-refractivity contribution is -0.122. The van der Waals surface area contributed by atoms with E-state index in [0.717, 1.165) is 18.4 Å². The Hall–Kier alpha value is -2.64. The summed E-state index contributed by atoms with van der Waals surface area (Å²) in [6.45, 7) is 4.21. The molecule has 0 saturated carbocycles. The molecule has 0 radical (unpaired) electrons. The first-order chi connectivity index (χ1) is 12.6. The zero-order valence-electron chi connectivity index (χ0n) is 15.9. The summed E-state index contributed by atoms with van der Waals surface area (Å²) in [5.74, 6) is 1.51. The molecule has 8 nitrogen and oxygen atoms in total. The van der Waals surface area contributed by atoms with Gasteiger partial charge in [-0.1, -0.05) is 26.2 Å². The molecule has 0 aliphatic carbocycles. The van der Waals surface area contributed by atoms with E-state index in [-0.39, 0.29) is 18.5 Å². The second kappa shape index (κ2) is 9.74. The molecule has 2 rings (SSSR count). The van der Waals surface area contributed by atoms with Crippen molar-refractivity contribution in [2.24, 2.45) is 0 Å². The van der Waals surface area contributed by atoms with Gasteiger partial charge >= 0.3 is 0 Å². The monoisotopic (exact) mass is 361 g/mol. The van der Waals surface area contributed by atoms with Crippen molar-refractivity contribution in [1.29, 1.82) is 0 Å². The first kappa shape index (κ1) is 19.7. The summed E-state index contributed by atoms with van der Waals surface area (Å²) in [6, 6.07) is 5.51. The Bertz CT molecular complexity index is 717. The zero-order valence-corrected chi connectivity index (χ0v) is 15.9. The van der Waals surface area contributed by atoms with E-state index in [9.17, 15) is 4.79 Å². The van der Waals surface area contributed by atoms with Crippen LogP contribution >= 0.6 is 0 Å². The van der Waals surface area contributed by atoms with Crippen molar-refractivity contribution in [1.82, 2.24) is 25.5 Å². The summed E-state index contributed by atoms with van der Waals surface area (Å²) in [4.78, 5) is 13.4. The van der Waals surface area contributed by atoms with Crippen LogP contribution in [0.2, 0.25) is 0 Å². The Morgan fingerprint density at radius 3 is 2.69 bits per heavy atom. The van der Waals surface area contributed by atoms with E-state index in [2.05, 4.69) is 27.7 Å². The van der Waals surface area contributed by atoms with E-state index < -0.39 is 0 Å². The van der Waals surface area contributed by atoms with E-state index >= 15 is 0 Å². The fraction of sp³-hybridized carbons (Fsp3) is 0.556. The second-order valence-corrected chi connectivity index (χ2v) is 6.18. The van der Waals surface area contributed by atoms with Gasteiger partial charge in [-0.3, -0.25) is 4.79 Å². The van der Waals surface area contributed by atoms with Crippen molar-refractivity contribution in [2.45, 2.75) is 52.1 Å². The second-order valence-electron chi connectivity index (χ2n) is 6.18. The van der Waals surface area contributed by atoms with Gasteiger partial charge in [-0.15, -0.1) is 10.2 Å². The number of nitrogens with one attached hydrogen (secondary N) is 1. The third-order valence-electron chi connectivity index (χ3n) is 4.03. The number of ether oxygens (including phenoxy) is 2. The van der Waals surface area contributed by atoms with Gasteiger partial charge in [-0.05, 0) is 36.8 Å². The Morgan fingerprint density at radius 1 is 1.23 bits per heavy atom. The summed E-state index contributed by atoms with van der Waals surface area (Å²) >= 11 is 0. The number of unbranched alkanes of at least 4 members (excludes halogenated alkanes) is 2. The summed E-state index contributed by atoms with van der Waals surface area (Å²) in [7, 11) is 3.14. The summed E-state index contributed by atoms with van der Waals surface area (Å²) < 4.78 is 10.5. The van der Waals surface area contributed by atoms with E-state index in [0.29, 0.717) is 17.3 Å². The number of rotatable bonds is 10. The first-order valence-electron chi connectivity index (χ1n) is 8.87. The lowest BCUT2D eigenvalue weighted by atomic mass is 10.1. The third kappa shape index (κ3) is 5.44. The van der Waals surface area contributed by atoms with E-state index in [1.807, 2.05) is 13.0 Å². The van der Waals surface area contributed by atoms with E-state index in [1.165, 1.54) is 17.6 Å². The zero-order chi connectivity index (χ0) is 18.9. The molecule has 0 bridgehead atoms. The van der Waals surface area contributed by atoms with Crippen LogP contribution in [-0.4, -0.2) is 46.4 Å². The quantitative estimate of drug-likeness (QED) is 0.654. The standard InChI is InChI=1S/C18H27N5O3/c1-5-6-7-8-13(2)19-17(24)12-23-21-18(20-22-23)14-9-10-15(25-3)16(11-14)26-4/h9-11,13H,5-8,12H2,1-4H3,(H,19,24)/t13-/m0/s1. The van der Waals surface area contributed by atoms with Crippen LogP contribution in [0, 0.1) is 0 Å². The molecule has 142 valence electrons. The molecule has 0 spiro atoms. The highest BCUT2D eigenvalue weighted by molar-refractivity contribution is 5.75. The Kier molecular flexibility index (Phi) is 7.37. The summed E-state index contributed by atoms with van der Waals surface area (Å²) in [5, 5.41) is 15.2. The molecule has 26 heavy (non-hydrogen) atoms. The van der Waals surface area contributed by atoms with Gasteiger partial charge in [0, 0.05) is 11.6 Å². The van der Waals surface area contributed by atoms with Crippen LogP contribution in [0.15, 0.2) is 18.2 Å². The van der Waals surface area contributed by atoms with Crippen LogP contribution in [0.5, 0.6) is 11.5 Å². The van der Waals surface area contributed by atoms with Crippen molar-refractivity contribution in [3.05, 3.63) is 18.2 Å². The topological polar surface area (TPSA) is 91.2 Å². The Labute approximate surface area is 153 Å². The maximum Gasteiger partial charge on any atom is 0.243 e. The number of benzene rings is 1. The molecule has 1 aromatic heterocycles. The maximum absolute atomic E-state index is 12.1. The lowest BCUT2D eigenvalue weighted by Gasteiger charge is -2.12. The SMILES string of the molecule is CCCCC[C@H](C)NC(=O)Cn1nnc(-c2ccc(OC)c(OC)c2)n1. The highest BCUT2D eigenvalue weighted by Gasteiger charge is 2.13. The van der Waals surface area contributed by atoms with Gasteiger partial charge < -0.3 is 14.8 Å². The van der Waals surface area contributed by atoms with Crippen LogP contribution in [-0.2, 0) is 11.3 Å². The molecule has 1 atom stereocenters. The van der Waals surface area contributed by atoms with Gasteiger partial charge in [0.25, 0.3) is 0 Å². The number of nitrogens with zero attached hydrogens (tertiary/aromatic N) is 4. The van der Waals surface area contributed by atoms with Crippen LogP contribution < -0.4 is 14.8 Å². The van der Waals surface area contributed by atoms with Crippen molar-refractivity contribution in [2.75, 3.05) is 14.2 Å². The van der Waals surface area contributed by atoms with Crippen LogP contribution in [0.25, 0.3) is 11.4 Å². The minimum absolute atomic E-state index is 0.0401. The fourth-order valence-corrected chi connectivity index (χ4v) is 2.62. The van der Waals surface area contributed by atoms with Crippen molar-refractivity contribution < 1.29 is 14.3 Å². The number of carbonyl (C=O) groups excluding carboxylic acids is 1. The summed E-state index contributed by atoms with van der Waals surface area (Å²) in [6.07, 6.45) is 4.44. The van der Waals surface area contributed by atoms with E-state index in [4.69, 9.17) is 9.47 Å². The van der Waals surface area contributed by atoms with Crippen LogP contribution in [0.1, 0.15) is 39.5 Å². The number of hydrogen-bond donors (Lipinski definition) is 1. The van der Waals surface area contributed by atoms with Gasteiger partial charge in [0.1, 0.15) is 6.54 Å². The highest BCUT2D eigenvalue weighted by atomic mass is 16.5. The molecule has 0 fully saturated rings. The van der Waals surface area contributed by atoms with Crippen molar-refractivity contribution >= 4 is 5.91 Å². The summed E-state index contributed by atoms with van der Waals surface area (Å²) in [5.41, 5.74) is 0.738. The molecule has 1 aromatic carbocycles. The molecule has 1 amide bonds. The molecule has 8 heteroatoms. The van der Waals surface area contributed by atoms with Crippen LogP contribution in [0.4, 0.5) is 0 Å². The first-order valence-corrected chi connectivity index (χ1v) is 8.87. The van der Waals surface area contributed by atoms with Gasteiger partial charge in [-0.2, -0.15) is 4.80 Å². The van der Waals surface area contributed by atoms with Gasteiger partial charge in [0.05, 0.1) is 14.2 Å². The normalized spacial score (nSPS) is 11.8. The average molecular weight is 361 g/mol. The molecule has 0 saturated heterocycles. The van der Waals surface area contributed by atoms with Gasteiger partial charge in [0.15, 0.2) is 11.5 Å². The van der Waals surface area contributed by atoms with Gasteiger partial charge in [-0.25, -0.2) is 0 Å². The third-order valence-corrected chi connectivity index (χ3v) is 4.03. The minimum atomic E-state index is -0.120. The van der Waals surface area contributed by atoms with E-state index in [1.54, 1.807) is 26.4 Å².